The summed E-state index contributed by atoms with van der Waals surface area (Å²) in [5.74, 6) is -3.14. The SMILES string of the molecule is CSc1ccccc1C(F)(F)CO. The molecule has 1 rings (SSSR count). The fourth-order valence-electron chi connectivity index (χ4n) is 1.03. The summed E-state index contributed by atoms with van der Waals surface area (Å²) < 4.78 is 26.1. The molecule has 0 unspecified atom stereocenters. The van der Waals surface area contributed by atoms with Crippen LogP contribution in [-0.2, 0) is 5.92 Å². The zero-order valence-electron chi connectivity index (χ0n) is 7.13. The van der Waals surface area contributed by atoms with Gasteiger partial charge in [0, 0.05) is 10.5 Å². The molecule has 0 aliphatic carbocycles. The average Bonchev–Trinajstić information content (AvgIpc) is 2.18. The van der Waals surface area contributed by atoms with Gasteiger partial charge in [-0.2, -0.15) is 8.78 Å². The molecule has 13 heavy (non-hydrogen) atoms. The second-order valence-electron chi connectivity index (χ2n) is 2.56. The van der Waals surface area contributed by atoms with E-state index in [9.17, 15) is 8.78 Å². The van der Waals surface area contributed by atoms with Crippen molar-refractivity contribution in [1.82, 2.24) is 0 Å². The highest BCUT2D eigenvalue weighted by molar-refractivity contribution is 7.98. The molecule has 1 aromatic carbocycles. The molecule has 0 aromatic heterocycles. The van der Waals surface area contributed by atoms with E-state index in [-0.39, 0.29) is 5.56 Å². The minimum absolute atomic E-state index is 0.106. The topological polar surface area (TPSA) is 20.2 Å². The molecule has 0 aliphatic rings. The van der Waals surface area contributed by atoms with Crippen LogP contribution in [0.5, 0.6) is 0 Å². The van der Waals surface area contributed by atoms with Crippen LogP contribution in [0.1, 0.15) is 5.56 Å². The Balaban J connectivity index is 3.12. The second-order valence-corrected chi connectivity index (χ2v) is 3.41. The van der Waals surface area contributed by atoms with Gasteiger partial charge in [-0.1, -0.05) is 18.2 Å². The molecule has 4 heteroatoms. The lowest BCUT2D eigenvalue weighted by molar-refractivity contribution is -0.0577. The zero-order chi connectivity index (χ0) is 9.90. The van der Waals surface area contributed by atoms with Gasteiger partial charge in [0.25, 0.3) is 5.92 Å². The quantitative estimate of drug-likeness (QED) is 0.763. The van der Waals surface area contributed by atoms with Gasteiger partial charge < -0.3 is 5.11 Å². The van der Waals surface area contributed by atoms with Crippen molar-refractivity contribution in [3.8, 4) is 0 Å². The minimum Gasteiger partial charge on any atom is -0.390 e. The lowest BCUT2D eigenvalue weighted by Gasteiger charge is -2.16. The molecule has 0 spiro atoms. The highest BCUT2D eigenvalue weighted by Gasteiger charge is 2.32. The Labute approximate surface area is 79.8 Å². The Kier molecular flexibility index (Phi) is 3.27. The van der Waals surface area contributed by atoms with Crippen LogP contribution in [0.15, 0.2) is 29.2 Å². The molecule has 0 saturated heterocycles. The Bertz CT molecular complexity index is 289. The maximum absolute atomic E-state index is 13.1. The van der Waals surface area contributed by atoms with Crippen LogP contribution in [-0.4, -0.2) is 18.0 Å². The first-order valence-corrected chi connectivity index (χ1v) is 4.96. The van der Waals surface area contributed by atoms with Crippen molar-refractivity contribution in [3.05, 3.63) is 29.8 Å². The first-order valence-electron chi connectivity index (χ1n) is 3.74. The first-order chi connectivity index (χ1) is 6.11. The van der Waals surface area contributed by atoms with E-state index < -0.39 is 12.5 Å². The molecule has 0 fully saturated rings. The number of benzene rings is 1. The molecule has 1 nitrogen and oxygen atoms in total. The highest BCUT2D eigenvalue weighted by Crippen LogP contribution is 2.33. The van der Waals surface area contributed by atoms with Crippen molar-refractivity contribution in [2.75, 3.05) is 12.9 Å². The number of aliphatic hydroxyl groups is 1. The summed E-state index contributed by atoms with van der Waals surface area (Å²) in [5.41, 5.74) is -0.106. The smallest absolute Gasteiger partial charge is 0.296 e. The predicted molar refractivity (Wildman–Crippen MR) is 49.2 cm³/mol. The fraction of sp³-hybridized carbons (Fsp3) is 0.333. The zero-order valence-corrected chi connectivity index (χ0v) is 7.94. The van der Waals surface area contributed by atoms with Gasteiger partial charge in [0.05, 0.1) is 0 Å². The molecule has 0 radical (unpaired) electrons. The number of hydrogen-bond donors (Lipinski definition) is 1. The van der Waals surface area contributed by atoms with E-state index in [0.29, 0.717) is 4.90 Å². The van der Waals surface area contributed by atoms with Crippen molar-refractivity contribution in [2.45, 2.75) is 10.8 Å². The van der Waals surface area contributed by atoms with E-state index in [2.05, 4.69) is 0 Å². The maximum Gasteiger partial charge on any atom is 0.296 e. The third-order valence-corrected chi connectivity index (χ3v) is 2.50. The molecule has 0 amide bonds. The number of rotatable bonds is 3. The fourth-order valence-corrected chi connectivity index (χ4v) is 1.68. The van der Waals surface area contributed by atoms with Crippen molar-refractivity contribution >= 4 is 11.8 Å². The Hall–Kier alpha value is -0.610. The number of thioether (sulfide) groups is 1. The van der Waals surface area contributed by atoms with Crippen LogP contribution in [0.3, 0.4) is 0 Å². The van der Waals surface area contributed by atoms with Crippen molar-refractivity contribution in [2.24, 2.45) is 0 Å². The largest absolute Gasteiger partial charge is 0.390 e. The summed E-state index contributed by atoms with van der Waals surface area (Å²) in [4.78, 5) is 0.501. The number of aliphatic hydroxyl groups excluding tert-OH is 1. The summed E-state index contributed by atoms with van der Waals surface area (Å²) in [5, 5.41) is 8.51. The Morgan fingerprint density at radius 3 is 2.54 bits per heavy atom. The highest BCUT2D eigenvalue weighted by atomic mass is 32.2. The monoisotopic (exact) mass is 204 g/mol. The van der Waals surface area contributed by atoms with Gasteiger partial charge in [-0.15, -0.1) is 11.8 Å². The van der Waals surface area contributed by atoms with Crippen LogP contribution in [0, 0.1) is 0 Å². The Morgan fingerprint density at radius 2 is 2.00 bits per heavy atom. The predicted octanol–water partition coefficient (Wildman–Crippen LogP) is 2.49. The summed E-state index contributed by atoms with van der Waals surface area (Å²) in [6.07, 6.45) is 1.73. The van der Waals surface area contributed by atoms with E-state index in [1.165, 1.54) is 17.8 Å². The summed E-state index contributed by atoms with van der Waals surface area (Å²) in [7, 11) is 0. The van der Waals surface area contributed by atoms with Crippen molar-refractivity contribution in [3.63, 3.8) is 0 Å². The lowest BCUT2D eigenvalue weighted by Crippen LogP contribution is -2.19. The van der Waals surface area contributed by atoms with Crippen molar-refractivity contribution in [1.29, 1.82) is 0 Å². The van der Waals surface area contributed by atoms with E-state index in [0.717, 1.165) is 0 Å². The first kappa shape index (κ1) is 10.5. The molecule has 72 valence electrons. The van der Waals surface area contributed by atoms with Crippen LogP contribution >= 0.6 is 11.8 Å². The second kappa shape index (κ2) is 4.07. The van der Waals surface area contributed by atoms with Gasteiger partial charge in [-0.25, -0.2) is 0 Å². The Morgan fingerprint density at radius 1 is 1.38 bits per heavy atom. The van der Waals surface area contributed by atoms with Crippen LogP contribution < -0.4 is 0 Å². The third kappa shape index (κ3) is 2.19. The summed E-state index contributed by atoms with van der Waals surface area (Å²) >= 11 is 1.25. The normalized spacial score (nSPS) is 11.7. The van der Waals surface area contributed by atoms with Gasteiger partial charge in [0.1, 0.15) is 6.61 Å². The number of alkyl halides is 2. The van der Waals surface area contributed by atoms with Gasteiger partial charge in [0.2, 0.25) is 0 Å². The molecule has 0 bridgehead atoms. The molecule has 1 N–H and O–H groups in total. The standard InChI is InChI=1S/C9H10F2OS/c1-13-8-5-3-2-4-7(8)9(10,11)6-12/h2-5,12H,6H2,1H3. The van der Waals surface area contributed by atoms with Crippen LogP contribution in [0.25, 0.3) is 0 Å². The summed E-state index contributed by atoms with van der Waals surface area (Å²) in [6.45, 7) is -1.15. The maximum atomic E-state index is 13.1. The minimum atomic E-state index is -3.14. The summed E-state index contributed by atoms with van der Waals surface area (Å²) in [6, 6.07) is 6.19. The molecular formula is C9H10F2OS. The van der Waals surface area contributed by atoms with Crippen LogP contribution in [0.4, 0.5) is 8.78 Å². The van der Waals surface area contributed by atoms with Gasteiger partial charge in [-0.3, -0.25) is 0 Å². The number of hydrogen-bond acceptors (Lipinski definition) is 2. The van der Waals surface area contributed by atoms with Gasteiger partial charge in [0.15, 0.2) is 0 Å². The average molecular weight is 204 g/mol. The van der Waals surface area contributed by atoms with Gasteiger partial charge >= 0.3 is 0 Å². The van der Waals surface area contributed by atoms with E-state index in [4.69, 9.17) is 5.11 Å². The molecule has 0 aliphatic heterocycles. The van der Waals surface area contributed by atoms with E-state index in [1.54, 1.807) is 24.5 Å². The molecule has 0 saturated carbocycles. The lowest BCUT2D eigenvalue weighted by atomic mass is 10.1. The van der Waals surface area contributed by atoms with E-state index in [1.807, 2.05) is 0 Å². The van der Waals surface area contributed by atoms with Crippen molar-refractivity contribution < 1.29 is 13.9 Å². The van der Waals surface area contributed by atoms with Gasteiger partial charge in [-0.05, 0) is 12.3 Å². The molecular weight excluding hydrogens is 194 g/mol. The molecule has 0 heterocycles. The van der Waals surface area contributed by atoms with E-state index >= 15 is 0 Å². The molecule has 0 atom stereocenters. The molecule has 1 aromatic rings. The third-order valence-electron chi connectivity index (χ3n) is 1.70. The van der Waals surface area contributed by atoms with Crippen LogP contribution in [0.2, 0.25) is 0 Å². The number of halogens is 2.